The second-order valence-corrected chi connectivity index (χ2v) is 7.95. The molecular formula is C22H16Br2N2. The summed E-state index contributed by atoms with van der Waals surface area (Å²) in [7, 11) is 0. The van der Waals surface area contributed by atoms with Gasteiger partial charge in [-0.05, 0) is 41.0 Å². The van der Waals surface area contributed by atoms with Crippen molar-refractivity contribution in [2.75, 3.05) is 0 Å². The predicted octanol–water partition coefficient (Wildman–Crippen LogP) is 6.13. The van der Waals surface area contributed by atoms with Crippen molar-refractivity contribution in [3.63, 3.8) is 0 Å². The Morgan fingerprint density at radius 2 is 1.35 bits per heavy atom. The van der Waals surface area contributed by atoms with Crippen LogP contribution in [0.15, 0.2) is 98.9 Å². The van der Waals surface area contributed by atoms with Crippen molar-refractivity contribution in [2.24, 2.45) is 4.99 Å². The minimum Gasteiger partial charge on any atom is -0.346 e. The van der Waals surface area contributed by atoms with Crippen LogP contribution >= 0.6 is 31.9 Å². The first kappa shape index (κ1) is 17.3. The monoisotopic (exact) mass is 466 g/mol. The van der Waals surface area contributed by atoms with Crippen LogP contribution in [-0.2, 0) is 5.54 Å². The van der Waals surface area contributed by atoms with Crippen LogP contribution in [0.1, 0.15) is 16.7 Å². The highest BCUT2D eigenvalue weighted by Crippen LogP contribution is 2.40. The fourth-order valence-electron chi connectivity index (χ4n) is 3.22. The summed E-state index contributed by atoms with van der Waals surface area (Å²) in [5.41, 5.74) is 3.80. The summed E-state index contributed by atoms with van der Waals surface area (Å²) in [5.74, 6) is 0. The van der Waals surface area contributed by atoms with Crippen molar-refractivity contribution < 1.29 is 0 Å². The van der Waals surface area contributed by atoms with E-state index in [1.165, 1.54) is 0 Å². The van der Waals surface area contributed by atoms with Crippen LogP contribution in [-0.4, -0.2) is 6.34 Å². The third kappa shape index (κ3) is 3.27. The minimum atomic E-state index is -0.593. The quantitative estimate of drug-likeness (QED) is 0.492. The number of aliphatic imine (C=N–C) groups is 1. The Bertz CT molecular complexity index is 961. The molecule has 1 heterocycles. The molecule has 26 heavy (non-hydrogen) atoms. The number of hydrogen-bond donors (Lipinski definition) is 1. The second kappa shape index (κ2) is 7.22. The molecule has 1 N–H and O–H groups in total. The van der Waals surface area contributed by atoms with Crippen LogP contribution in [0, 0.1) is 0 Å². The van der Waals surface area contributed by atoms with Gasteiger partial charge in [0.25, 0.3) is 0 Å². The van der Waals surface area contributed by atoms with E-state index in [4.69, 9.17) is 4.99 Å². The molecule has 0 radical (unpaired) electrons. The number of nitrogens with one attached hydrogen (secondary N) is 1. The van der Waals surface area contributed by atoms with E-state index in [0.29, 0.717) is 0 Å². The molecule has 1 atom stereocenters. The van der Waals surface area contributed by atoms with Crippen LogP contribution in [0.25, 0.3) is 5.70 Å². The maximum absolute atomic E-state index is 4.91. The van der Waals surface area contributed by atoms with Crippen molar-refractivity contribution in [1.82, 2.24) is 5.32 Å². The van der Waals surface area contributed by atoms with E-state index in [1.807, 2.05) is 30.3 Å². The zero-order chi connectivity index (χ0) is 18.0. The summed E-state index contributed by atoms with van der Waals surface area (Å²) in [6, 6.07) is 27.0. The maximum atomic E-state index is 4.91. The van der Waals surface area contributed by atoms with Gasteiger partial charge in [-0.15, -0.1) is 0 Å². The predicted molar refractivity (Wildman–Crippen MR) is 115 cm³/mol. The highest BCUT2D eigenvalue weighted by atomic mass is 79.9. The average Bonchev–Trinajstić information content (AvgIpc) is 2.69. The van der Waals surface area contributed by atoms with Gasteiger partial charge in [-0.3, -0.25) is 4.99 Å². The van der Waals surface area contributed by atoms with Crippen molar-refractivity contribution in [1.29, 1.82) is 0 Å². The van der Waals surface area contributed by atoms with Gasteiger partial charge in [0, 0.05) is 14.6 Å². The first-order valence-electron chi connectivity index (χ1n) is 8.28. The molecule has 4 rings (SSSR count). The molecule has 3 aromatic rings. The van der Waals surface area contributed by atoms with Gasteiger partial charge in [-0.2, -0.15) is 0 Å². The Kier molecular flexibility index (Phi) is 4.79. The number of halogens is 2. The number of rotatable bonds is 3. The molecular weight excluding hydrogens is 452 g/mol. The molecule has 0 saturated carbocycles. The average molecular weight is 468 g/mol. The van der Waals surface area contributed by atoms with Gasteiger partial charge in [0.15, 0.2) is 0 Å². The SMILES string of the molecule is Brc1cc(Br)cc(C2(c3ccccc3)C=C(c3ccccc3)NC=N2)c1. The van der Waals surface area contributed by atoms with Crippen molar-refractivity contribution >= 4 is 43.9 Å². The van der Waals surface area contributed by atoms with Gasteiger partial charge in [0.1, 0.15) is 5.54 Å². The lowest BCUT2D eigenvalue weighted by molar-refractivity contribution is 0.676. The van der Waals surface area contributed by atoms with Gasteiger partial charge in [-0.25, -0.2) is 0 Å². The zero-order valence-corrected chi connectivity index (χ0v) is 17.0. The summed E-state index contributed by atoms with van der Waals surface area (Å²) in [6.45, 7) is 0. The molecule has 0 fully saturated rings. The standard InChI is InChI=1S/C22H16Br2N2/c23-19-11-18(12-20(24)13-19)22(17-9-5-2-6-10-17)14-21(25-15-26-22)16-7-3-1-4-8-16/h1-15H,(H,25,26). The van der Waals surface area contributed by atoms with Crippen LogP contribution < -0.4 is 5.32 Å². The van der Waals surface area contributed by atoms with Gasteiger partial charge in [-0.1, -0.05) is 92.5 Å². The normalized spacial score (nSPS) is 18.9. The largest absolute Gasteiger partial charge is 0.346 e. The molecule has 1 aliphatic rings. The molecule has 2 nitrogen and oxygen atoms in total. The smallest absolute Gasteiger partial charge is 0.133 e. The molecule has 0 aromatic heterocycles. The molecule has 128 valence electrons. The lowest BCUT2D eigenvalue weighted by atomic mass is 9.81. The molecule has 3 aromatic carbocycles. The molecule has 0 spiro atoms. The molecule has 0 bridgehead atoms. The van der Waals surface area contributed by atoms with E-state index in [2.05, 4.69) is 91.8 Å². The van der Waals surface area contributed by atoms with Crippen molar-refractivity contribution in [2.45, 2.75) is 5.54 Å². The summed E-state index contributed by atoms with van der Waals surface area (Å²) < 4.78 is 2.03. The lowest BCUT2D eigenvalue weighted by Gasteiger charge is -2.32. The zero-order valence-electron chi connectivity index (χ0n) is 13.9. The summed E-state index contributed by atoms with van der Waals surface area (Å²) in [5, 5.41) is 3.30. The topological polar surface area (TPSA) is 24.4 Å². The Labute approximate surface area is 169 Å². The fraction of sp³-hybridized carbons (Fsp3) is 0.0455. The third-order valence-corrected chi connectivity index (χ3v) is 5.36. The van der Waals surface area contributed by atoms with Crippen LogP contribution in [0.5, 0.6) is 0 Å². The first-order chi connectivity index (χ1) is 12.7. The van der Waals surface area contributed by atoms with Crippen LogP contribution in [0.2, 0.25) is 0 Å². The van der Waals surface area contributed by atoms with E-state index >= 15 is 0 Å². The summed E-state index contributed by atoms with van der Waals surface area (Å²) in [6.07, 6.45) is 4.00. The van der Waals surface area contributed by atoms with Crippen molar-refractivity contribution in [3.05, 3.63) is 111 Å². The number of benzene rings is 3. The molecule has 1 unspecified atom stereocenters. The molecule has 0 aliphatic carbocycles. The lowest BCUT2D eigenvalue weighted by Crippen LogP contribution is -2.30. The Hall–Kier alpha value is -2.17. The number of nitrogens with zero attached hydrogens (tertiary/aromatic N) is 1. The highest BCUT2D eigenvalue weighted by Gasteiger charge is 2.34. The van der Waals surface area contributed by atoms with Crippen molar-refractivity contribution in [3.8, 4) is 0 Å². The molecule has 0 saturated heterocycles. The third-order valence-electron chi connectivity index (χ3n) is 4.44. The fourth-order valence-corrected chi connectivity index (χ4v) is 4.52. The van der Waals surface area contributed by atoms with Crippen LogP contribution in [0.4, 0.5) is 0 Å². The number of hydrogen-bond acceptors (Lipinski definition) is 2. The van der Waals surface area contributed by atoms with E-state index in [0.717, 1.165) is 31.3 Å². The van der Waals surface area contributed by atoms with Gasteiger partial charge >= 0.3 is 0 Å². The first-order valence-corrected chi connectivity index (χ1v) is 9.87. The highest BCUT2D eigenvalue weighted by molar-refractivity contribution is 9.11. The maximum Gasteiger partial charge on any atom is 0.133 e. The minimum absolute atomic E-state index is 0.593. The van der Waals surface area contributed by atoms with Gasteiger partial charge in [0.05, 0.1) is 6.34 Å². The van der Waals surface area contributed by atoms with Gasteiger partial charge < -0.3 is 5.32 Å². The van der Waals surface area contributed by atoms with E-state index < -0.39 is 5.54 Å². The van der Waals surface area contributed by atoms with Crippen LogP contribution in [0.3, 0.4) is 0 Å². The molecule has 4 heteroatoms. The molecule has 1 aliphatic heterocycles. The molecule has 0 amide bonds. The van der Waals surface area contributed by atoms with E-state index in [-0.39, 0.29) is 0 Å². The van der Waals surface area contributed by atoms with E-state index in [1.54, 1.807) is 6.34 Å². The Balaban J connectivity index is 1.96. The Morgan fingerprint density at radius 1 is 0.731 bits per heavy atom. The summed E-state index contributed by atoms with van der Waals surface area (Å²) >= 11 is 7.24. The summed E-state index contributed by atoms with van der Waals surface area (Å²) in [4.78, 5) is 4.91. The van der Waals surface area contributed by atoms with E-state index in [9.17, 15) is 0 Å². The van der Waals surface area contributed by atoms with Gasteiger partial charge in [0.2, 0.25) is 0 Å². The second-order valence-electron chi connectivity index (χ2n) is 6.12. The Morgan fingerprint density at radius 3 is 2.00 bits per heavy atom.